The molecule has 6 atom stereocenters. The van der Waals surface area contributed by atoms with E-state index in [9.17, 15) is 33.6 Å². The van der Waals surface area contributed by atoms with Gasteiger partial charge in [-0.2, -0.15) is 0 Å². The maximum absolute atomic E-state index is 14.6. The molecule has 4 saturated heterocycles. The number of amides is 7. The number of likely N-dealkylation sites (tertiary alicyclic amines) is 2. The van der Waals surface area contributed by atoms with Crippen molar-refractivity contribution in [3.63, 3.8) is 0 Å². The summed E-state index contributed by atoms with van der Waals surface area (Å²) in [4.78, 5) is 119. The number of aromatic nitrogens is 3. The number of urea groups is 1. The number of primary amides is 1. The van der Waals surface area contributed by atoms with Crippen molar-refractivity contribution in [2.45, 2.75) is 172 Å². The molecule has 4 N–H and O–H groups in total. The van der Waals surface area contributed by atoms with Gasteiger partial charge in [0.1, 0.15) is 40.0 Å². The molecule has 21 nitrogen and oxygen atoms in total. The third-order valence-electron chi connectivity index (χ3n) is 18.4. The second-order valence-electron chi connectivity index (χ2n) is 25.6. The summed E-state index contributed by atoms with van der Waals surface area (Å²) in [5.41, 5.74) is 7.75. The van der Waals surface area contributed by atoms with Gasteiger partial charge in [-0.1, -0.05) is 43.5 Å². The van der Waals surface area contributed by atoms with Crippen LogP contribution in [0.25, 0.3) is 0 Å². The number of ether oxygens (including phenoxy) is 2. The minimum Gasteiger partial charge on any atom is -0.490 e. The van der Waals surface area contributed by atoms with Crippen molar-refractivity contribution in [3.8, 4) is 5.75 Å². The van der Waals surface area contributed by atoms with E-state index in [1.54, 1.807) is 56.3 Å². The van der Waals surface area contributed by atoms with Crippen LogP contribution in [-0.2, 0) is 19.1 Å². The average Bonchev–Trinajstić information content (AvgIpc) is 2.41. The largest absolute Gasteiger partial charge is 0.490 e. The molecule has 10 rings (SSSR count). The number of carbonyl (C=O) groups is 7. The molecule has 2 aromatic heterocycles. The fraction of sp³-hybridized carbons (Fsp3) is 0.594. The summed E-state index contributed by atoms with van der Waals surface area (Å²) in [5, 5.41) is 8.79. The van der Waals surface area contributed by atoms with Gasteiger partial charge in [0.05, 0.1) is 24.4 Å². The first-order chi connectivity index (χ1) is 41.3. The van der Waals surface area contributed by atoms with E-state index >= 15 is 0 Å². The first kappa shape index (κ1) is 61.7. The zero-order valence-electron chi connectivity index (χ0n) is 50.8. The van der Waals surface area contributed by atoms with Crippen molar-refractivity contribution in [2.75, 3.05) is 70.1 Å². The number of hydrogen-bond donors (Lipinski definition) is 3. The minimum atomic E-state index is -0.869. The van der Waals surface area contributed by atoms with Gasteiger partial charge >= 0.3 is 12.1 Å². The Morgan fingerprint density at radius 3 is 2.33 bits per heavy atom. The number of hydrogen-bond acceptors (Lipinski definition) is 15. The van der Waals surface area contributed by atoms with Gasteiger partial charge in [0.2, 0.25) is 23.5 Å². The Balaban J connectivity index is 0.693. The molecule has 462 valence electrons. The van der Waals surface area contributed by atoms with Crippen LogP contribution in [0.5, 0.6) is 5.75 Å². The average molecular weight is 1200 g/mol. The second-order valence-corrected chi connectivity index (χ2v) is 26.5. The Kier molecular flexibility index (Phi) is 19.5. The fourth-order valence-electron chi connectivity index (χ4n) is 13.4. The topological polar surface area (TPSA) is 246 Å². The zero-order chi connectivity index (χ0) is 60.8. The number of rotatable bonds is 18. The minimum absolute atomic E-state index is 0.0433. The Morgan fingerprint density at radius 2 is 1.60 bits per heavy atom. The molecule has 6 aliphatic rings. The number of nitrogens with zero attached hydrogens (tertiary/aromatic N) is 9. The number of benzene rings is 2. The van der Waals surface area contributed by atoms with E-state index in [-0.39, 0.29) is 71.1 Å². The van der Waals surface area contributed by atoms with Gasteiger partial charge in [0.25, 0.3) is 5.91 Å². The fourth-order valence-corrected chi connectivity index (χ4v) is 14.4. The number of likely N-dealkylation sites (N-methyl/N-ethyl adjacent to an activating group) is 2. The SMILES string of the molecule is C[C@@H](C(=O)N[C@H](C(=O)N1CCC[C@H]1c1nc(C(=O)c2cccc(OC3CCCC(CC(=O)N4CCC(c5ccc(Nc6nc(N7CCC[C@@H](N8CCN(C)C8=O)C7)cnc6C(N)=O)cc5)CC4)C3)c2)cs1)C1CCCCC1)N(C)C(=O)OC(C)(C)C. The third-order valence-corrected chi connectivity index (χ3v) is 19.3. The molecular formula is C64H86N12O9S. The number of thiazole rings is 1. The first-order valence-electron chi connectivity index (χ1n) is 31.2. The van der Waals surface area contributed by atoms with Crippen molar-refractivity contribution in [1.82, 2.24) is 44.8 Å². The predicted octanol–water partition coefficient (Wildman–Crippen LogP) is 9.06. The predicted molar refractivity (Wildman–Crippen MR) is 327 cm³/mol. The lowest BCUT2D eigenvalue weighted by molar-refractivity contribution is -0.140. The normalized spacial score (nSPS) is 22.3. The second kappa shape index (κ2) is 27.1. The van der Waals surface area contributed by atoms with E-state index in [0.717, 1.165) is 102 Å². The van der Waals surface area contributed by atoms with E-state index < -0.39 is 35.6 Å². The van der Waals surface area contributed by atoms with Gasteiger partial charge in [-0.25, -0.2) is 24.5 Å². The summed E-state index contributed by atoms with van der Waals surface area (Å²) >= 11 is 1.36. The maximum Gasteiger partial charge on any atom is 0.410 e. The summed E-state index contributed by atoms with van der Waals surface area (Å²) < 4.78 is 12.1. The molecule has 6 heterocycles. The number of ketones is 1. The molecule has 7 amide bonds. The molecule has 86 heavy (non-hydrogen) atoms. The van der Waals surface area contributed by atoms with Crippen LogP contribution in [0.4, 0.5) is 26.9 Å². The summed E-state index contributed by atoms with van der Waals surface area (Å²) in [6.45, 7) is 11.6. The monoisotopic (exact) mass is 1200 g/mol. The zero-order valence-corrected chi connectivity index (χ0v) is 51.7. The lowest BCUT2D eigenvalue weighted by Crippen LogP contribution is -2.56. The lowest BCUT2D eigenvalue weighted by atomic mass is 9.83. The molecule has 0 bridgehead atoms. The van der Waals surface area contributed by atoms with Gasteiger partial charge in [-0.15, -0.1) is 11.3 Å². The van der Waals surface area contributed by atoms with E-state index in [2.05, 4.69) is 32.7 Å². The molecule has 4 aromatic rings. The number of nitrogens with two attached hydrogens (primary N) is 1. The summed E-state index contributed by atoms with van der Waals surface area (Å²) in [6.07, 6.45) is 14.4. The highest BCUT2D eigenvalue weighted by Gasteiger charge is 2.42. The van der Waals surface area contributed by atoms with Crippen LogP contribution in [0.15, 0.2) is 60.1 Å². The van der Waals surface area contributed by atoms with Gasteiger partial charge in [-0.3, -0.25) is 28.9 Å². The summed E-state index contributed by atoms with van der Waals surface area (Å²) in [5.74, 6) is 0.591. The van der Waals surface area contributed by atoms with Crippen LogP contribution < -0.4 is 26.0 Å². The molecule has 2 aromatic carbocycles. The molecule has 6 fully saturated rings. The van der Waals surface area contributed by atoms with Crippen LogP contribution in [0.2, 0.25) is 0 Å². The first-order valence-corrected chi connectivity index (χ1v) is 32.1. The van der Waals surface area contributed by atoms with Crippen molar-refractivity contribution in [3.05, 3.63) is 87.6 Å². The number of nitrogens with one attached hydrogen (secondary N) is 2. The maximum atomic E-state index is 14.6. The molecule has 4 aliphatic heterocycles. The smallest absolute Gasteiger partial charge is 0.410 e. The van der Waals surface area contributed by atoms with Crippen molar-refractivity contribution < 1.29 is 43.0 Å². The molecule has 0 radical (unpaired) electrons. The Labute approximate surface area is 509 Å². The van der Waals surface area contributed by atoms with Crippen molar-refractivity contribution in [2.24, 2.45) is 17.6 Å². The molecular weight excluding hydrogens is 1110 g/mol. The highest BCUT2D eigenvalue weighted by Crippen LogP contribution is 2.38. The molecule has 22 heteroatoms. The lowest BCUT2D eigenvalue weighted by Gasteiger charge is -2.37. The number of anilines is 3. The van der Waals surface area contributed by atoms with Crippen LogP contribution >= 0.6 is 11.3 Å². The van der Waals surface area contributed by atoms with Gasteiger partial charge in [-0.05, 0) is 152 Å². The third kappa shape index (κ3) is 14.7. The highest BCUT2D eigenvalue weighted by atomic mass is 32.1. The molecule has 2 saturated carbocycles. The molecule has 2 unspecified atom stereocenters. The van der Waals surface area contributed by atoms with Crippen molar-refractivity contribution in [1.29, 1.82) is 0 Å². The quantitative estimate of drug-likeness (QED) is 0.0787. The van der Waals surface area contributed by atoms with Gasteiger partial charge in [0.15, 0.2) is 11.5 Å². The van der Waals surface area contributed by atoms with Crippen LogP contribution in [0.3, 0.4) is 0 Å². The molecule has 2 aliphatic carbocycles. The van der Waals surface area contributed by atoms with Crippen molar-refractivity contribution >= 4 is 70.2 Å². The standard InChI is InChI=1S/C64H86N12O9S/c1-40(72(6)63(83)85-64(2,3)4)59(80)70-54(44-15-8-7-9-16-44)61(81)76-29-13-21-51(76)60-68-50(39-86-60)56(78)45-17-11-20-49(36-45)84-48-19-10-14-41(34-48)35-53(77)73-30-26-43(27-31-73)42-22-24-46(25-23-42)67-58-55(57(65)79)66-37-52(69-58)74-28-12-18-47(38-74)75-33-32-71(5)62(75)82/h11,17,20,22-25,36-37,39-41,43-44,47-48,51,54H,7-10,12-16,18-19,21,26-35,38H2,1-6H3,(H2,65,79)(H,67,69)(H,70,80)/t40-,41?,47+,48?,51-,54-/m0/s1. The van der Waals surface area contributed by atoms with Crippen LogP contribution in [0.1, 0.15) is 179 Å². The highest BCUT2D eigenvalue weighted by molar-refractivity contribution is 7.10. The summed E-state index contributed by atoms with van der Waals surface area (Å²) in [6, 6.07) is 13.5. The van der Waals surface area contributed by atoms with Crippen LogP contribution in [-0.4, -0.2) is 171 Å². The molecule has 0 spiro atoms. The van der Waals surface area contributed by atoms with Gasteiger partial charge < -0.3 is 50.3 Å². The van der Waals surface area contributed by atoms with E-state index in [1.165, 1.54) is 28.8 Å². The van der Waals surface area contributed by atoms with E-state index in [1.807, 2.05) is 46.0 Å². The Bertz CT molecular complexity index is 3100. The summed E-state index contributed by atoms with van der Waals surface area (Å²) in [7, 11) is 3.35. The van der Waals surface area contributed by atoms with Gasteiger partial charge in [0, 0.05) is 83.0 Å². The van der Waals surface area contributed by atoms with E-state index in [0.29, 0.717) is 79.9 Å². The Hall–Kier alpha value is -7.36. The number of piperidine rings is 2. The Morgan fingerprint density at radius 1 is 0.849 bits per heavy atom. The van der Waals surface area contributed by atoms with E-state index in [4.69, 9.17) is 25.2 Å². The number of carbonyl (C=O) groups excluding carboxylic acids is 7. The van der Waals surface area contributed by atoms with Crippen LogP contribution in [0, 0.1) is 11.8 Å².